The highest BCUT2D eigenvalue weighted by Gasteiger charge is 2.27. The predicted molar refractivity (Wildman–Crippen MR) is 57.8 cm³/mol. The van der Waals surface area contributed by atoms with Crippen molar-refractivity contribution in [2.24, 2.45) is 0 Å². The fraction of sp³-hybridized carbons (Fsp3) is 0.400. The third-order valence-electron chi connectivity index (χ3n) is 2.45. The van der Waals surface area contributed by atoms with Crippen molar-refractivity contribution < 1.29 is 4.79 Å². The van der Waals surface area contributed by atoms with Gasteiger partial charge < -0.3 is 4.90 Å². The van der Waals surface area contributed by atoms with Crippen LogP contribution in [0.2, 0.25) is 0 Å². The second-order valence-electron chi connectivity index (χ2n) is 3.38. The number of carbonyl (C=O) groups is 1. The fourth-order valence-corrected chi connectivity index (χ4v) is 2.86. The molecule has 0 saturated heterocycles. The molecule has 0 aliphatic carbocycles. The van der Waals surface area contributed by atoms with Crippen LogP contribution in [0.4, 0.5) is 5.69 Å². The fourth-order valence-electron chi connectivity index (χ4n) is 1.59. The van der Waals surface area contributed by atoms with E-state index in [0.717, 1.165) is 16.5 Å². The van der Waals surface area contributed by atoms with Gasteiger partial charge in [0.05, 0.1) is 11.7 Å². The summed E-state index contributed by atoms with van der Waals surface area (Å²) in [5, 5.41) is 1.02. The Labute approximate surface area is 87.5 Å². The minimum absolute atomic E-state index is 0.00306. The lowest BCUT2D eigenvalue weighted by Gasteiger charge is -2.32. The Hall–Kier alpha value is -1.03. The van der Waals surface area contributed by atoms with Gasteiger partial charge in [0.1, 0.15) is 5.03 Å². The second kappa shape index (κ2) is 3.61. The first-order valence-corrected chi connectivity index (χ1v) is 5.50. The largest absolute Gasteiger partial charge is 0.362 e. The van der Waals surface area contributed by atoms with Crippen LogP contribution in [0.1, 0.15) is 6.92 Å². The first-order chi connectivity index (χ1) is 6.70. The van der Waals surface area contributed by atoms with Gasteiger partial charge in [-0.1, -0.05) is 0 Å². The molecular formula is C10H12N2OS. The van der Waals surface area contributed by atoms with Gasteiger partial charge in [0, 0.05) is 19.0 Å². The lowest BCUT2D eigenvalue weighted by Crippen LogP contribution is -2.41. The number of nitrogens with zero attached hydrogens (tertiary/aromatic N) is 2. The van der Waals surface area contributed by atoms with E-state index in [9.17, 15) is 4.79 Å². The van der Waals surface area contributed by atoms with Crippen molar-refractivity contribution in [3.05, 3.63) is 18.3 Å². The molecule has 2 rings (SSSR count). The molecule has 1 atom stereocenters. The average Bonchev–Trinajstić information content (AvgIpc) is 2.18. The molecule has 1 aromatic heterocycles. The van der Waals surface area contributed by atoms with E-state index in [1.807, 2.05) is 24.1 Å². The zero-order chi connectivity index (χ0) is 10.1. The van der Waals surface area contributed by atoms with Gasteiger partial charge in [-0.05, 0) is 19.1 Å². The summed E-state index contributed by atoms with van der Waals surface area (Å²) >= 11 is 1.66. The first-order valence-electron chi connectivity index (χ1n) is 4.51. The molecule has 1 unspecified atom stereocenters. The van der Waals surface area contributed by atoms with Gasteiger partial charge in [-0.15, -0.1) is 11.8 Å². The van der Waals surface area contributed by atoms with Gasteiger partial charge in [-0.25, -0.2) is 4.98 Å². The number of rotatable bonds is 1. The number of pyridine rings is 1. The molecule has 0 bridgehead atoms. The van der Waals surface area contributed by atoms with Gasteiger partial charge in [0.2, 0.25) is 0 Å². The quantitative estimate of drug-likeness (QED) is 0.701. The van der Waals surface area contributed by atoms with E-state index in [0.29, 0.717) is 0 Å². The van der Waals surface area contributed by atoms with Gasteiger partial charge in [0.15, 0.2) is 5.78 Å². The van der Waals surface area contributed by atoms with E-state index >= 15 is 0 Å². The molecule has 1 aliphatic rings. The van der Waals surface area contributed by atoms with Crippen LogP contribution in [0.5, 0.6) is 0 Å². The van der Waals surface area contributed by atoms with E-state index in [1.165, 1.54) is 0 Å². The van der Waals surface area contributed by atoms with Crippen molar-refractivity contribution in [1.29, 1.82) is 0 Å². The van der Waals surface area contributed by atoms with Gasteiger partial charge in [-0.3, -0.25) is 4.79 Å². The van der Waals surface area contributed by atoms with E-state index in [-0.39, 0.29) is 11.8 Å². The maximum absolute atomic E-state index is 11.3. The number of likely N-dealkylation sites (N-methyl/N-ethyl adjacent to an activating group) is 1. The molecule has 2 heterocycles. The van der Waals surface area contributed by atoms with Crippen LogP contribution in [0.25, 0.3) is 0 Å². The van der Waals surface area contributed by atoms with Crippen LogP contribution in [0.3, 0.4) is 0 Å². The minimum Gasteiger partial charge on any atom is -0.362 e. The summed E-state index contributed by atoms with van der Waals surface area (Å²) < 4.78 is 0. The van der Waals surface area contributed by atoms with Crippen LogP contribution in [0.15, 0.2) is 23.4 Å². The third-order valence-corrected chi connectivity index (χ3v) is 3.52. The first kappa shape index (κ1) is 9.52. The Balaban J connectivity index is 2.36. The molecule has 0 radical (unpaired) electrons. The summed E-state index contributed by atoms with van der Waals surface area (Å²) in [7, 11) is 1.95. The standard InChI is InChI=1S/C10H12N2OS/c1-7(13)9-6-14-10-8(12(9)2)4-3-5-11-10/h3-5,9H,6H2,1-2H3. The van der Waals surface area contributed by atoms with E-state index in [4.69, 9.17) is 0 Å². The summed E-state index contributed by atoms with van der Waals surface area (Å²) in [5.74, 6) is 1.02. The number of anilines is 1. The zero-order valence-corrected chi connectivity index (χ0v) is 9.04. The SMILES string of the molecule is CC(=O)C1CSc2ncccc2N1C. The van der Waals surface area contributed by atoms with E-state index < -0.39 is 0 Å². The van der Waals surface area contributed by atoms with Gasteiger partial charge in [0.25, 0.3) is 0 Å². The normalized spacial score (nSPS) is 20.4. The van der Waals surface area contributed by atoms with E-state index in [2.05, 4.69) is 4.98 Å². The smallest absolute Gasteiger partial charge is 0.153 e. The molecule has 0 amide bonds. The summed E-state index contributed by atoms with van der Waals surface area (Å²) in [6.45, 7) is 1.64. The average molecular weight is 208 g/mol. The highest BCUT2D eigenvalue weighted by molar-refractivity contribution is 7.99. The Morgan fingerprint density at radius 1 is 1.71 bits per heavy atom. The van der Waals surface area contributed by atoms with Crippen molar-refractivity contribution in [2.75, 3.05) is 17.7 Å². The molecule has 0 saturated carbocycles. The Bertz CT molecular complexity index is 367. The zero-order valence-electron chi connectivity index (χ0n) is 8.23. The van der Waals surface area contributed by atoms with Gasteiger partial charge >= 0.3 is 0 Å². The van der Waals surface area contributed by atoms with Crippen LogP contribution < -0.4 is 4.90 Å². The number of Topliss-reactive ketones (excluding diaryl/α,β-unsaturated/α-hetero) is 1. The number of aromatic nitrogens is 1. The Kier molecular flexibility index (Phi) is 2.46. The molecule has 0 spiro atoms. The molecule has 74 valence electrons. The second-order valence-corrected chi connectivity index (χ2v) is 4.38. The molecule has 3 nitrogen and oxygen atoms in total. The molecule has 4 heteroatoms. The summed E-state index contributed by atoms with van der Waals surface area (Å²) in [6.07, 6.45) is 1.79. The number of ketones is 1. The lowest BCUT2D eigenvalue weighted by atomic mass is 10.2. The minimum atomic E-state index is -0.00306. The van der Waals surface area contributed by atoms with E-state index in [1.54, 1.807) is 24.9 Å². The number of hydrogen-bond donors (Lipinski definition) is 0. The summed E-state index contributed by atoms with van der Waals surface area (Å²) in [5.41, 5.74) is 1.06. The summed E-state index contributed by atoms with van der Waals surface area (Å²) in [6, 6.07) is 3.90. The van der Waals surface area contributed by atoms with Crippen molar-refractivity contribution in [1.82, 2.24) is 4.98 Å². The van der Waals surface area contributed by atoms with Crippen LogP contribution in [-0.2, 0) is 4.79 Å². The Morgan fingerprint density at radius 3 is 3.21 bits per heavy atom. The number of hydrogen-bond acceptors (Lipinski definition) is 4. The molecular weight excluding hydrogens is 196 g/mol. The van der Waals surface area contributed by atoms with Crippen LogP contribution in [0, 0.1) is 0 Å². The molecule has 1 aromatic rings. The Morgan fingerprint density at radius 2 is 2.50 bits per heavy atom. The molecule has 0 N–H and O–H groups in total. The topological polar surface area (TPSA) is 33.2 Å². The number of carbonyl (C=O) groups excluding carboxylic acids is 1. The van der Waals surface area contributed by atoms with Gasteiger partial charge in [-0.2, -0.15) is 0 Å². The van der Waals surface area contributed by atoms with Crippen LogP contribution in [-0.4, -0.2) is 29.6 Å². The van der Waals surface area contributed by atoms with Crippen molar-refractivity contribution >= 4 is 23.2 Å². The maximum Gasteiger partial charge on any atom is 0.153 e. The van der Waals surface area contributed by atoms with Crippen molar-refractivity contribution in [2.45, 2.75) is 18.0 Å². The van der Waals surface area contributed by atoms with Crippen molar-refractivity contribution in [3.63, 3.8) is 0 Å². The monoisotopic (exact) mass is 208 g/mol. The van der Waals surface area contributed by atoms with Crippen LogP contribution >= 0.6 is 11.8 Å². The molecule has 14 heavy (non-hydrogen) atoms. The number of thioether (sulfide) groups is 1. The lowest BCUT2D eigenvalue weighted by molar-refractivity contribution is -0.117. The predicted octanol–water partition coefficient (Wildman–Crippen LogP) is 1.58. The number of fused-ring (bicyclic) bond motifs is 1. The highest BCUT2D eigenvalue weighted by atomic mass is 32.2. The maximum atomic E-state index is 11.3. The molecule has 0 fully saturated rings. The van der Waals surface area contributed by atoms with Crippen molar-refractivity contribution in [3.8, 4) is 0 Å². The third kappa shape index (κ3) is 1.50. The molecule has 0 aromatic carbocycles. The highest BCUT2D eigenvalue weighted by Crippen LogP contribution is 2.34. The molecule has 1 aliphatic heterocycles. The summed E-state index contributed by atoms with van der Waals surface area (Å²) in [4.78, 5) is 17.6.